The van der Waals surface area contributed by atoms with Gasteiger partial charge in [0.05, 0.1) is 5.02 Å². The van der Waals surface area contributed by atoms with E-state index in [4.69, 9.17) is 11.6 Å². The van der Waals surface area contributed by atoms with Crippen molar-refractivity contribution >= 4 is 11.6 Å². The largest absolute Gasteiger partial charge is 0.310 e. The topological polar surface area (TPSA) is 12.0 Å². The highest BCUT2D eigenvalue weighted by Gasteiger charge is 2.16. The molecule has 0 heterocycles. The summed E-state index contributed by atoms with van der Waals surface area (Å²) in [4.78, 5) is 0. The zero-order chi connectivity index (χ0) is 13.5. The fraction of sp³-hybridized carbons (Fsp3) is 0.600. The monoisotopic (exact) mass is 271 g/mol. The molecule has 1 aromatic carbocycles. The molecule has 0 bridgehead atoms. The van der Waals surface area contributed by atoms with Gasteiger partial charge in [-0.15, -0.1) is 0 Å². The first-order valence-corrected chi connectivity index (χ1v) is 7.11. The fourth-order valence-electron chi connectivity index (χ4n) is 1.98. The van der Waals surface area contributed by atoms with E-state index in [-0.39, 0.29) is 16.9 Å². The lowest BCUT2D eigenvalue weighted by Crippen LogP contribution is -2.23. The summed E-state index contributed by atoms with van der Waals surface area (Å²) in [5.74, 6) is 0.310. The molecular weight excluding hydrogens is 249 g/mol. The van der Waals surface area contributed by atoms with Crippen molar-refractivity contribution in [3.63, 3.8) is 0 Å². The van der Waals surface area contributed by atoms with Crippen LogP contribution in [0, 0.1) is 11.7 Å². The van der Waals surface area contributed by atoms with Crippen molar-refractivity contribution in [2.45, 2.75) is 46.1 Å². The van der Waals surface area contributed by atoms with E-state index < -0.39 is 0 Å². The first-order chi connectivity index (χ1) is 8.56. The van der Waals surface area contributed by atoms with E-state index >= 15 is 0 Å². The number of nitrogens with one attached hydrogen (secondary N) is 1. The summed E-state index contributed by atoms with van der Waals surface area (Å²) in [6.07, 6.45) is 3.15. The molecule has 1 aromatic rings. The molecule has 0 radical (unpaired) electrons. The first-order valence-electron chi connectivity index (χ1n) is 6.73. The summed E-state index contributed by atoms with van der Waals surface area (Å²) in [6, 6.07) is 5.20. The molecule has 0 spiro atoms. The molecule has 0 amide bonds. The SMILES string of the molecule is CCCNC(CCC(C)C)c1cccc(F)c1Cl. The molecule has 0 saturated heterocycles. The van der Waals surface area contributed by atoms with E-state index in [9.17, 15) is 4.39 Å². The van der Waals surface area contributed by atoms with E-state index in [1.54, 1.807) is 6.07 Å². The normalized spacial score (nSPS) is 13.0. The second-order valence-electron chi connectivity index (χ2n) is 5.12. The zero-order valence-electron chi connectivity index (χ0n) is 11.5. The highest BCUT2D eigenvalue weighted by Crippen LogP contribution is 2.29. The molecule has 0 aliphatic heterocycles. The van der Waals surface area contributed by atoms with Crippen molar-refractivity contribution in [2.24, 2.45) is 5.92 Å². The first kappa shape index (κ1) is 15.5. The van der Waals surface area contributed by atoms with Gasteiger partial charge in [0, 0.05) is 6.04 Å². The van der Waals surface area contributed by atoms with Crippen LogP contribution in [0.25, 0.3) is 0 Å². The lowest BCUT2D eigenvalue weighted by atomic mass is 9.97. The van der Waals surface area contributed by atoms with Crippen molar-refractivity contribution < 1.29 is 4.39 Å². The summed E-state index contributed by atoms with van der Waals surface area (Å²) in [6.45, 7) is 7.45. The maximum absolute atomic E-state index is 13.5. The maximum Gasteiger partial charge on any atom is 0.142 e. The van der Waals surface area contributed by atoms with Crippen LogP contribution < -0.4 is 5.32 Å². The molecule has 0 saturated carbocycles. The predicted octanol–water partition coefficient (Wildman–Crippen LogP) is 4.96. The second kappa shape index (κ2) is 7.75. The number of hydrogen-bond acceptors (Lipinski definition) is 1. The molecule has 0 fully saturated rings. The third-order valence-corrected chi connectivity index (χ3v) is 3.43. The molecular formula is C15H23ClFN. The van der Waals surface area contributed by atoms with Gasteiger partial charge in [0.1, 0.15) is 5.82 Å². The lowest BCUT2D eigenvalue weighted by Gasteiger charge is -2.21. The summed E-state index contributed by atoms with van der Waals surface area (Å²) in [5, 5.41) is 3.72. The maximum atomic E-state index is 13.5. The van der Waals surface area contributed by atoms with Gasteiger partial charge in [-0.3, -0.25) is 0 Å². The highest BCUT2D eigenvalue weighted by atomic mass is 35.5. The Morgan fingerprint density at radius 1 is 1.28 bits per heavy atom. The van der Waals surface area contributed by atoms with E-state index in [0.29, 0.717) is 5.92 Å². The second-order valence-corrected chi connectivity index (χ2v) is 5.50. The van der Waals surface area contributed by atoms with E-state index in [2.05, 4.69) is 26.1 Å². The minimum Gasteiger partial charge on any atom is -0.310 e. The molecule has 1 rings (SSSR count). The van der Waals surface area contributed by atoms with E-state index in [0.717, 1.165) is 31.4 Å². The van der Waals surface area contributed by atoms with Gasteiger partial charge < -0.3 is 5.32 Å². The smallest absolute Gasteiger partial charge is 0.142 e. The van der Waals surface area contributed by atoms with E-state index in [1.165, 1.54) is 6.07 Å². The van der Waals surface area contributed by atoms with Gasteiger partial charge in [-0.05, 0) is 43.4 Å². The van der Waals surface area contributed by atoms with Gasteiger partial charge in [0.2, 0.25) is 0 Å². The molecule has 0 aliphatic rings. The van der Waals surface area contributed by atoms with Crippen LogP contribution >= 0.6 is 11.6 Å². The Kier molecular flexibility index (Phi) is 6.66. The van der Waals surface area contributed by atoms with Crippen LogP contribution in [0.1, 0.15) is 51.6 Å². The van der Waals surface area contributed by atoms with Crippen molar-refractivity contribution in [1.82, 2.24) is 5.32 Å². The summed E-state index contributed by atoms with van der Waals surface area (Å²) in [7, 11) is 0. The number of hydrogen-bond donors (Lipinski definition) is 1. The Morgan fingerprint density at radius 2 is 2.00 bits per heavy atom. The van der Waals surface area contributed by atoms with Crippen molar-refractivity contribution in [3.8, 4) is 0 Å². The van der Waals surface area contributed by atoms with Gasteiger partial charge in [-0.25, -0.2) is 4.39 Å². The highest BCUT2D eigenvalue weighted by molar-refractivity contribution is 6.31. The molecule has 3 heteroatoms. The molecule has 1 atom stereocenters. The van der Waals surface area contributed by atoms with E-state index in [1.807, 2.05) is 6.07 Å². The molecule has 1 nitrogen and oxygen atoms in total. The van der Waals surface area contributed by atoms with Crippen LogP contribution in [0.5, 0.6) is 0 Å². The Bertz CT molecular complexity index is 366. The van der Waals surface area contributed by atoms with Crippen molar-refractivity contribution in [3.05, 3.63) is 34.6 Å². The van der Waals surface area contributed by atoms with Gasteiger partial charge in [-0.1, -0.05) is 44.5 Å². The quantitative estimate of drug-likeness (QED) is 0.739. The van der Waals surface area contributed by atoms with Gasteiger partial charge in [0.25, 0.3) is 0 Å². The summed E-state index contributed by atoms with van der Waals surface area (Å²) >= 11 is 6.07. The standard InChI is InChI=1S/C15H23ClFN/c1-4-10-18-14(9-8-11(2)3)12-6-5-7-13(17)15(12)16/h5-7,11,14,18H,4,8-10H2,1-3H3. The molecule has 102 valence electrons. The molecule has 0 aromatic heterocycles. The van der Waals surface area contributed by atoms with Crippen LogP contribution in [0.4, 0.5) is 4.39 Å². The van der Waals surface area contributed by atoms with Crippen molar-refractivity contribution in [2.75, 3.05) is 6.54 Å². The van der Waals surface area contributed by atoms with Gasteiger partial charge in [0.15, 0.2) is 0 Å². The Hall–Kier alpha value is -0.600. The van der Waals surface area contributed by atoms with Crippen LogP contribution in [-0.4, -0.2) is 6.54 Å². The summed E-state index contributed by atoms with van der Waals surface area (Å²) < 4.78 is 13.5. The van der Waals surface area contributed by atoms with Gasteiger partial charge >= 0.3 is 0 Å². The Morgan fingerprint density at radius 3 is 2.61 bits per heavy atom. The third-order valence-electron chi connectivity index (χ3n) is 3.03. The lowest BCUT2D eigenvalue weighted by molar-refractivity contribution is 0.439. The Balaban J connectivity index is 2.83. The van der Waals surface area contributed by atoms with Gasteiger partial charge in [-0.2, -0.15) is 0 Å². The van der Waals surface area contributed by atoms with Crippen LogP contribution in [0.2, 0.25) is 5.02 Å². The number of benzene rings is 1. The Labute approximate surface area is 115 Å². The summed E-state index contributed by atoms with van der Waals surface area (Å²) in [5.41, 5.74) is 0.880. The van der Waals surface area contributed by atoms with Crippen LogP contribution in [0.3, 0.4) is 0 Å². The average molecular weight is 272 g/mol. The molecule has 1 N–H and O–H groups in total. The minimum atomic E-state index is -0.331. The predicted molar refractivity (Wildman–Crippen MR) is 76.5 cm³/mol. The zero-order valence-corrected chi connectivity index (χ0v) is 12.2. The third kappa shape index (κ3) is 4.58. The number of halogens is 2. The fourth-order valence-corrected chi connectivity index (χ4v) is 2.23. The number of rotatable bonds is 7. The van der Waals surface area contributed by atoms with Crippen LogP contribution in [-0.2, 0) is 0 Å². The minimum absolute atomic E-state index is 0.149. The van der Waals surface area contributed by atoms with Crippen molar-refractivity contribution in [1.29, 1.82) is 0 Å². The molecule has 0 aliphatic carbocycles. The molecule has 18 heavy (non-hydrogen) atoms. The van der Waals surface area contributed by atoms with Crippen LogP contribution in [0.15, 0.2) is 18.2 Å². The average Bonchev–Trinajstić information content (AvgIpc) is 2.33. The molecule has 1 unspecified atom stereocenters.